The molecule has 4 nitrogen and oxygen atoms in total. The molecule has 1 aromatic carbocycles. The van der Waals surface area contributed by atoms with Crippen molar-refractivity contribution in [1.82, 2.24) is 15.3 Å². The Hall–Kier alpha value is -1.55. The van der Waals surface area contributed by atoms with E-state index in [-0.39, 0.29) is 0 Å². The highest BCUT2D eigenvalue weighted by Gasteiger charge is 2.20. The molecule has 1 fully saturated rings. The summed E-state index contributed by atoms with van der Waals surface area (Å²) in [7, 11) is 0. The standard InChI is InChI=1S/C12H16N4/c1-9-8-13-6-7-16(9)12-14-10-4-2-3-5-11(10)15-12/h2-5,9,13H,6-8H2,1H3,(H,14,15). The van der Waals surface area contributed by atoms with Crippen molar-refractivity contribution < 1.29 is 0 Å². The molecule has 0 bridgehead atoms. The quantitative estimate of drug-likeness (QED) is 0.756. The van der Waals surface area contributed by atoms with Gasteiger partial charge in [-0.05, 0) is 19.1 Å². The van der Waals surface area contributed by atoms with E-state index in [1.165, 1.54) is 0 Å². The Labute approximate surface area is 94.7 Å². The van der Waals surface area contributed by atoms with Gasteiger partial charge < -0.3 is 15.2 Å². The molecule has 1 aromatic heterocycles. The van der Waals surface area contributed by atoms with Gasteiger partial charge in [0.05, 0.1) is 11.0 Å². The largest absolute Gasteiger partial charge is 0.337 e. The molecule has 2 N–H and O–H groups in total. The fourth-order valence-electron chi connectivity index (χ4n) is 2.23. The first-order chi connectivity index (χ1) is 7.84. The van der Waals surface area contributed by atoms with Crippen molar-refractivity contribution in [3.05, 3.63) is 24.3 Å². The lowest BCUT2D eigenvalue weighted by Gasteiger charge is -2.33. The Kier molecular flexibility index (Phi) is 2.29. The zero-order valence-corrected chi connectivity index (χ0v) is 9.40. The zero-order valence-electron chi connectivity index (χ0n) is 9.40. The predicted octanol–water partition coefficient (Wildman–Crippen LogP) is 1.36. The predicted molar refractivity (Wildman–Crippen MR) is 65.8 cm³/mol. The summed E-state index contributed by atoms with van der Waals surface area (Å²) >= 11 is 0. The van der Waals surface area contributed by atoms with Crippen molar-refractivity contribution in [3.63, 3.8) is 0 Å². The van der Waals surface area contributed by atoms with Crippen molar-refractivity contribution in [1.29, 1.82) is 0 Å². The van der Waals surface area contributed by atoms with Gasteiger partial charge in [0, 0.05) is 25.7 Å². The van der Waals surface area contributed by atoms with Crippen LogP contribution in [0.4, 0.5) is 5.95 Å². The number of piperazine rings is 1. The Balaban J connectivity index is 1.98. The van der Waals surface area contributed by atoms with Crippen LogP contribution in [0.2, 0.25) is 0 Å². The van der Waals surface area contributed by atoms with Crippen LogP contribution < -0.4 is 10.2 Å². The average Bonchev–Trinajstić information content (AvgIpc) is 2.73. The summed E-state index contributed by atoms with van der Waals surface area (Å²) in [5.41, 5.74) is 2.16. The third-order valence-corrected chi connectivity index (χ3v) is 3.15. The number of hydrogen-bond donors (Lipinski definition) is 2. The van der Waals surface area contributed by atoms with Crippen LogP contribution >= 0.6 is 0 Å². The first-order valence-corrected chi connectivity index (χ1v) is 5.77. The van der Waals surface area contributed by atoms with E-state index in [0.29, 0.717) is 6.04 Å². The normalized spacial score (nSPS) is 21.6. The van der Waals surface area contributed by atoms with Crippen molar-refractivity contribution in [2.24, 2.45) is 0 Å². The van der Waals surface area contributed by atoms with Gasteiger partial charge in [0.1, 0.15) is 0 Å². The van der Waals surface area contributed by atoms with E-state index < -0.39 is 0 Å². The van der Waals surface area contributed by atoms with E-state index in [2.05, 4.69) is 33.2 Å². The molecule has 0 amide bonds. The van der Waals surface area contributed by atoms with E-state index in [9.17, 15) is 0 Å². The maximum atomic E-state index is 4.63. The summed E-state index contributed by atoms with van der Waals surface area (Å²) in [5.74, 6) is 0.996. The lowest BCUT2D eigenvalue weighted by molar-refractivity contribution is 0.494. The fourth-order valence-corrected chi connectivity index (χ4v) is 2.23. The average molecular weight is 216 g/mol. The molecule has 1 aliphatic rings. The van der Waals surface area contributed by atoms with Gasteiger partial charge in [0.2, 0.25) is 5.95 Å². The number of aromatic nitrogens is 2. The molecular weight excluding hydrogens is 200 g/mol. The molecule has 1 unspecified atom stereocenters. The zero-order chi connectivity index (χ0) is 11.0. The number of imidazole rings is 1. The Bertz CT molecular complexity index is 457. The van der Waals surface area contributed by atoms with Gasteiger partial charge in [0.25, 0.3) is 0 Å². The summed E-state index contributed by atoms with van der Waals surface area (Å²) in [6, 6.07) is 8.66. The monoisotopic (exact) mass is 216 g/mol. The van der Waals surface area contributed by atoms with Crippen LogP contribution in [0, 0.1) is 0 Å². The van der Waals surface area contributed by atoms with E-state index in [0.717, 1.165) is 36.6 Å². The minimum atomic E-state index is 0.495. The molecule has 1 atom stereocenters. The summed E-state index contributed by atoms with van der Waals surface area (Å²) in [4.78, 5) is 10.3. The van der Waals surface area contributed by atoms with Gasteiger partial charge in [-0.1, -0.05) is 12.1 Å². The Morgan fingerprint density at radius 3 is 3.06 bits per heavy atom. The summed E-state index contributed by atoms with van der Waals surface area (Å²) in [6.07, 6.45) is 0. The molecule has 1 saturated heterocycles. The van der Waals surface area contributed by atoms with Gasteiger partial charge in [-0.3, -0.25) is 0 Å². The Morgan fingerprint density at radius 2 is 2.25 bits per heavy atom. The molecular formula is C12H16N4. The first kappa shape index (κ1) is 9.66. The number of para-hydroxylation sites is 2. The summed E-state index contributed by atoms with van der Waals surface area (Å²) in [6.45, 7) is 5.29. The van der Waals surface area contributed by atoms with E-state index in [1.54, 1.807) is 0 Å². The molecule has 3 rings (SSSR count). The molecule has 2 heterocycles. The molecule has 0 aliphatic carbocycles. The number of anilines is 1. The maximum absolute atomic E-state index is 4.63. The van der Waals surface area contributed by atoms with Gasteiger partial charge in [-0.2, -0.15) is 0 Å². The van der Waals surface area contributed by atoms with Crippen molar-refractivity contribution in [3.8, 4) is 0 Å². The molecule has 0 radical (unpaired) electrons. The molecule has 16 heavy (non-hydrogen) atoms. The number of rotatable bonds is 1. The minimum Gasteiger partial charge on any atom is -0.337 e. The lowest BCUT2D eigenvalue weighted by Crippen LogP contribution is -2.50. The van der Waals surface area contributed by atoms with E-state index in [4.69, 9.17) is 0 Å². The smallest absolute Gasteiger partial charge is 0.204 e. The second kappa shape index (κ2) is 3.79. The highest BCUT2D eigenvalue weighted by atomic mass is 15.3. The second-order valence-electron chi connectivity index (χ2n) is 4.32. The molecule has 1 aliphatic heterocycles. The number of nitrogens with zero attached hydrogens (tertiary/aromatic N) is 2. The van der Waals surface area contributed by atoms with Gasteiger partial charge >= 0.3 is 0 Å². The third kappa shape index (κ3) is 1.55. The maximum Gasteiger partial charge on any atom is 0.204 e. The third-order valence-electron chi connectivity index (χ3n) is 3.15. The highest BCUT2D eigenvalue weighted by molar-refractivity contribution is 5.77. The van der Waals surface area contributed by atoms with Crippen LogP contribution in [-0.2, 0) is 0 Å². The van der Waals surface area contributed by atoms with Gasteiger partial charge in [-0.15, -0.1) is 0 Å². The van der Waals surface area contributed by atoms with Crippen LogP contribution in [0.1, 0.15) is 6.92 Å². The second-order valence-corrected chi connectivity index (χ2v) is 4.32. The molecule has 2 aromatic rings. The Morgan fingerprint density at radius 1 is 1.38 bits per heavy atom. The summed E-state index contributed by atoms with van der Waals surface area (Å²) < 4.78 is 0. The molecule has 4 heteroatoms. The molecule has 0 spiro atoms. The molecule has 84 valence electrons. The van der Waals surface area contributed by atoms with Crippen LogP contribution in [-0.4, -0.2) is 35.6 Å². The van der Waals surface area contributed by atoms with Crippen molar-refractivity contribution >= 4 is 17.0 Å². The topological polar surface area (TPSA) is 44.0 Å². The minimum absolute atomic E-state index is 0.495. The number of fused-ring (bicyclic) bond motifs is 1. The van der Waals surface area contributed by atoms with Gasteiger partial charge in [-0.25, -0.2) is 4.98 Å². The van der Waals surface area contributed by atoms with Crippen LogP contribution in [0.15, 0.2) is 24.3 Å². The van der Waals surface area contributed by atoms with Crippen LogP contribution in [0.5, 0.6) is 0 Å². The van der Waals surface area contributed by atoms with Crippen LogP contribution in [0.3, 0.4) is 0 Å². The van der Waals surface area contributed by atoms with Gasteiger partial charge in [0.15, 0.2) is 0 Å². The van der Waals surface area contributed by atoms with E-state index >= 15 is 0 Å². The SMILES string of the molecule is CC1CNCCN1c1nc2ccccc2[nH]1. The number of benzene rings is 1. The molecule has 0 saturated carbocycles. The number of aromatic amines is 1. The first-order valence-electron chi connectivity index (χ1n) is 5.77. The van der Waals surface area contributed by atoms with Crippen molar-refractivity contribution in [2.45, 2.75) is 13.0 Å². The van der Waals surface area contributed by atoms with E-state index in [1.807, 2.05) is 18.2 Å². The summed E-state index contributed by atoms with van der Waals surface area (Å²) in [5, 5.41) is 3.38. The number of nitrogens with one attached hydrogen (secondary N) is 2. The fraction of sp³-hybridized carbons (Fsp3) is 0.417. The van der Waals surface area contributed by atoms with Crippen molar-refractivity contribution in [2.75, 3.05) is 24.5 Å². The lowest BCUT2D eigenvalue weighted by atomic mass is 10.2. The number of hydrogen-bond acceptors (Lipinski definition) is 3. The van der Waals surface area contributed by atoms with Crippen LogP contribution in [0.25, 0.3) is 11.0 Å². The number of H-pyrrole nitrogens is 1. The highest BCUT2D eigenvalue weighted by Crippen LogP contribution is 2.19.